The van der Waals surface area contributed by atoms with Crippen LogP contribution in [0.4, 0.5) is 4.39 Å². The average Bonchev–Trinajstić information content (AvgIpc) is 3.39. The van der Waals surface area contributed by atoms with Crippen molar-refractivity contribution in [2.45, 2.75) is 25.6 Å². The number of sulfonamides is 1. The molecule has 31 heavy (non-hydrogen) atoms. The molecule has 164 valence electrons. The maximum absolute atomic E-state index is 12.8. The third-order valence-corrected chi connectivity index (χ3v) is 7.20. The van der Waals surface area contributed by atoms with Crippen molar-refractivity contribution in [1.29, 1.82) is 0 Å². The fourth-order valence-electron chi connectivity index (χ4n) is 3.92. The number of para-hydroxylation sites is 2. The van der Waals surface area contributed by atoms with Crippen molar-refractivity contribution < 1.29 is 22.3 Å². The Balaban J connectivity index is 1.61. The van der Waals surface area contributed by atoms with E-state index in [4.69, 9.17) is 4.42 Å². The number of benzene rings is 2. The highest BCUT2D eigenvalue weighted by Gasteiger charge is 2.26. The van der Waals surface area contributed by atoms with E-state index in [9.17, 15) is 17.9 Å². The van der Waals surface area contributed by atoms with Crippen LogP contribution in [0.1, 0.15) is 12.2 Å². The second-order valence-corrected chi connectivity index (χ2v) is 9.62. The molecule has 0 aliphatic carbocycles. The van der Waals surface area contributed by atoms with Gasteiger partial charge in [-0.1, -0.05) is 36.4 Å². The quantitative estimate of drug-likeness (QED) is 0.402. The number of aliphatic hydroxyl groups excluding tert-OH is 1. The lowest BCUT2D eigenvalue weighted by atomic mass is 10.2. The molecule has 1 N–H and O–H groups in total. The molecule has 0 aliphatic rings. The summed E-state index contributed by atoms with van der Waals surface area (Å²) in [5.41, 5.74) is 1.95. The number of rotatable bonds is 10. The molecule has 2 heterocycles. The van der Waals surface area contributed by atoms with Crippen molar-refractivity contribution in [2.75, 3.05) is 19.0 Å². The van der Waals surface area contributed by atoms with Crippen molar-refractivity contribution >= 4 is 31.8 Å². The SMILES string of the molecule is O=S(=O)(CCCF)N(Cc1ccco1)CC(O)Cn1c2ccccc2c2ccccc21. The maximum atomic E-state index is 12.8. The summed E-state index contributed by atoms with van der Waals surface area (Å²) < 4.78 is 46.7. The predicted octanol–water partition coefficient (Wildman–Crippen LogP) is 3.94. The number of nitrogens with zero attached hydrogens (tertiary/aromatic N) is 2. The minimum Gasteiger partial charge on any atom is -0.468 e. The highest BCUT2D eigenvalue weighted by molar-refractivity contribution is 7.89. The van der Waals surface area contributed by atoms with Crippen LogP contribution in [0.3, 0.4) is 0 Å². The lowest BCUT2D eigenvalue weighted by Crippen LogP contribution is -2.39. The van der Waals surface area contributed by atoms with Crippen LogP contribution in [-0.4, -0.2) is 47.5 Å². The van der Waals surface area contributed by atoms with E-state index in [2.05, 4.69) is 0 Å². The van der Waals surface area contributed by atoms with Gasteiger partial charge in [0.05, 0.1) is 37.9 Å². The molecule has 0 fully saturated rings. The van der Waals surface area contributed by atoms with Gasteiger partial charge in [0.2, 0.25) is 10.0 Å². The van der Waals surface area contributed by atoms with Crippen molar-refractivity contribution in [1.82, 2.24) is 8.87 Å². The predicted molar refractivity (Wildman–Crippen MR) is 119 cm³/mol. The molecule has 2 aromatic carbocycles. The number of furan rings is 1. The van der Waals surface area contributed by atoms with Crippen molar-refractivity contribution in [3.8, 4) is 0 Å². The molecule has 4 aromatic rings. The van der Waals surface area contributed by atoms with Crippen LogP contribution in [0.5, 0.6) is 0 Å². The van der Waals surface area contributed by atoms with Gasteiger partial charge < -0.3 is 14.1 Å². The van der Waals surface area contributed by atoms with Crippen LogP contribution in [-0.2, 0) is 23.1 Å². The first-order valence-corrected chi connectivity index (χ1v) is 11.8. The van der Waals surface area contributed by atoms with Gasteiger partial charge in [-0.15, -0.1) is 0 Å². The van der Waals surface area contributed by atoms with E-state index in [-0.39, 0.29) is 31.8 Å². The van der Waals surface area contributed by atoms with Gasteiger partial charge in [-0.3, -0.25) is 4.39 Å². The van der Waals surface area contributed by atoms with Crippen LogP contribution >= 0.6 is 0 Å². The molecule has 0 amide bonds. The van der Waals surface area contributed by atoms with Gasteiger partial charge in [0.25, 0.3) is 0 Å². The molecule has 2 aromatic heterocycles. The Kier molecular flexibility index (Phi) is 6.41. The number of hydrogen-bond acceptors (Lipinski definition) is 4. The summed E-state index contributed by atoms with van der Waals surface area (Å²) in [6.45, 7) is -0.610. The van der Waals surface area contributed by atoms with Crippen molar-refractivity contribution in [3.63, 3.8) is 0 Å². The Morgan fingerprint density at radius 3 is 2.23 bits per heavy atom. The molecule has 8 heteroatoms. The van der Waals surface area contributed by atoms with E-state index in [1.165, 1.54) is 10.6 Å². The molecule has 1 atom stereocenters. The topological polar surface area (TPSA) is 75.7 Å². The number of alkyl halides is 1. The second-order valence-electron chi connectivity index (χ2n) is 7.53. The summed E-state index contributed by atoms with van der Waals surface area (Å²) >= 11 is 0. The van der Waals surface area contributed by atoms with Crippen molar-refractivity contribution in [3.05, 3.63) is 72.7 Å². The Bertz CT molecular complexity index is 1200. The number of aromatic nitrogens is 1. The lowest BCUT2D eigenvalue weighted by Gasteiger charge is -2.24. The third kappa shape index (κ3) is 4.66. The van der Waals surface area contributed by atoms with E-state index in [1.807, 2.05) is 53.1 Å². The van der Waals surface area contributed by atoms with Gasteiger partial charge in [-0.05, 0) is 30.7 Å². The van der Waals surface area contributed by atoms with E-state index < -0.39 is 22.8 Å². The number of aliphatic hydroxyl groups is 1. The van der Waals surface area contributed by atoms with Crippen LogP contribution in [0, 0.1) is 0 Å². The van der Waals surface area contributed by atoms with E-state index >= 15 is 0 Å². The minimum absolute atomic E-state index is 0.00808. The standard InChI is InChI=1S/C23H25FN2O4S/c24-12-6-14-31(28,29)25(17-19-7-5-13-30-19)15-18(27)16-26-22-10-3-1-8-20(22)21-9-2-4-11-23(21)26/h1-5,7-11,13,18,27H,6,12,14-17H2. The smallest absolute Gasteiger partial charge is 0.214 e. The first-order chi connectivity index (χ1) is 15.0. The zero-order valence-corrected chi connectivity index (χ0v) is 17.8. The van der Waals surface area contributed by atoms with Crippen LogP contribution in [0.25, 0.3) is 21.8 Å². The summed E-state index contributed by atoms with van der Waals surface area (Å²) in [7, 11) is -3.76. The zero-order valence-electron chi connectivity index (χ0n) is 17.0. The van der Waals surface area contributed by atoms with Gasteiger partial charge >= 0.3 is 0 Å². The minimum atomic E-state index is -3.76. The third-order valence-electron chi connectivity index (χ3n) is 5.33. The molecule has 0 saturated heterocycles. The van der Waals surface area contributed by atoms with Crippen LogP contribution < -0.4 is 0 Å². The molecule has 0 saturated carbocycles. The fourth-order valence-corrected chi connectivity index (χ4v) is 5.38. The van der Waals surface area contributed by atoms with Gasteiger partial charge in [0.15, 0.2) is 0 Å². The second kappa shape index (κ2) is 9.21. The molecule has 6 nitrogen and oxygen atoms in total. The van der Waals surface area contributed by atoms with Gasteiger partial charge in [-0.2, -0.15) is 4.31 Å². The largest absolute Gasteiger partial charge is 0.468 e. The van der Waals surface area contributed by atoms with Crippen LogP contribution in [0.15, 0.2) is 71.3 Å². The monoisotopic (exact) mass is 444 g/mol. The summed E-state index contributed by atoms with van der Waals surface area (Å²) in [4.78, 5) is 0. The van der Waals surface area contributed by atoms with Crippen molar-refractivity contribution in [2.24, 2.45) is 0 Å². The summed E-state index contributed by atoms with van der Waals surface area (Å²) in [6, 6.07) is 19.2. The highest BCUT2D eigenvalue weighted by Crippen LogP contribution is 2.29. The molecule has 0 spiro atoms. The normalized spacial score (nSPS) is 13.4. The molecule has 0 aliphatic heterocycles. The molecule has 0 radical (unpaired) electrons. The Hall–Kier alpha value is -2.68. The fraction of sp³-hybridized carbons (Fsp3) is 0.304. The van der Waals surface area contributed by atoms with Gasteiger partial charge in [-0.25, -0.2) is 8.42 Å². The maximum Gasteiger partial charge on any atom is 0.214 e. The van der Waals surface area contributed by atoms with E-state index in [1.54, 1.807) is 12.1 Å². The van der Waals surface area contributed by atoms with E-state index in [0.29, 0.717) is 5.76 Å². The zero-order chi connectivity index (χ0) is 21.8. The summed E-state index contributed by atoms with van der Waals surface area (Å²) in [5, 5.41) is 13.1. The Morgan fingerprint density at radius 2 is 1.65 bits per heavy atom. The molecular formula is C23H25FN2O4S. The highest BCUT2D eigenvalue weighted by atomic mass is 32.2. The molecule has 0 bridgehead atoms. The first kappa shape index (κ1) is 21.5. The number of fused-ring (bicyclic) bond motifs is 3. The van der Waals surface area contributed by atoms with E-state index in [0.717, 1.165) is 21.8 Å². The molecule has 1 unspecified atom stereocenters. The summed E-state index contributed by atoms with van der Waals surface area (Å²) in [5.74, 6) is 0.152. The number of hydrogen-bond donors (Lipinski definition) is 1. The van der Waals surface area contributed by atoms with Gasteiger partial charge in [0, 0.05) is 28.4 Å². The Morgan fingerprint density at radius 1 is 1.00 bits per heavy atom. The number of halogens is 1. The lowest BCUT2D eigenvalue weighted by molar-refractivity contribution is 0.126. The van der Waals surface area contributed by atoms with Crippen LogP contribution in [0.2, 0.25) is 0 Å². The molecule has 4 rings (SSSR count). The molecular weight excluding hydrogens is 419 g/mol. The van der Waals surface area contributed by atoms with Gasteiger partial charge in [0.1, 0.15) is 5.76 Å². The Labute approximate surface area is 180 Å². The summed E-state index contributed by atoms with van der Waals surface area (Å²) in [6.07, 6.45) is 0.422. The first-order valence-electron chi connectivity index (χ1n) is 10.2. The average molecular weight is 445 g/mol.